The van der Waals surface area contributed by atoms with Crippen LogP contribution in [0.15, 0.2) is 24.3 Å². The van der Waals surface area contributed by atoms with Crippen molar-refractivity contribution in [3.63, 3.8) is 0 Å². The van der Waals surface area contributed by atoms with Gasteiger partial charge >= 0.3 is 0 Å². The van der Waals surface area contributed by atoms with Crippen molar-refractivity contribution in [1.29, 1.82) is 0 Å². The van der Waals surface area contributed by atoms with Crippen molar-refractivity contribution < 1.29 is 9.53 Å². The quantitative estimate of drug-likeness (QED) is 0.787. The van der Waals surface area contributed by atoms with E-state index in [1.54, 1.807) is 7.11 Å². The minimum atomic E-state index is 0.0833. The fourth-order valence-electron chi connectivity index (χ4n) is 3.03. The summed E-state index contributed by atoms with van der Waals surface area (Å²) in [4.78, 5) is 14.5. The van der Waals surface area contributed by atoms with Gasteiger partial charge in [0.2, 0.25) is 5.91 Å². The molecule has 0 aromatic heterocycles. The molecule has 22 heavy (non-hydrogen) atoms. The van der Waals surface area contributed by atoms with Crippen molar-refractivity contribution >= 4 is 5.91 Å². The maximum Gasteiger partial charge on any atom is 0.224 e. The van der Waals surface area contributed by atoms with Gasteiger partial charge in [0.05, 0.1) is 13.5 Å². The normalized spacial score (nSPS) is 18.9. The van der Waals surface area contributed by atoms with Crippen LogP contribution in [0, 0.1) is 0 Å². The predicted molar refractivity (Wildman–Crippen MR) is 89.2 cm³/mol. The van der Waals surface area contributed by atoms with E-state index >= 15 is 0 Å². The highest BCUT2D eigenvalue weighted by Crippen LogP contribution is 2.16. The van der Waals surface area contributed by atoms with Crippen LogP contribution in [-0.4, -0.2) is 43.6 Å². The van der Waals surface area contributed by atoms with E-state index in [1.165, 1.54) is 25.8 Å². The number of hydrogen-bond donors (Lipinski definition) is 1. The fraction of sp³-hybridized carbons (Fsp3) is 0.611. The summed E-state index contributed by atoms with van der Waals surface area (Å²) in [5, 5.41) is 3.02. The molecular weight excluding hydrogens is 276 g/mol. The third-order valence-corrected chi connectivity index (χ3v) is 4.38. The molecule has 1 N–H and O–H groups in total. The molecule has 0 radical (unpaired) electrons. The average molecular weight is 304 g/mol. The highest BCUT2D eigenvalue weighted by atomic mass is 16.5. The second-order valence-corrected chi connectivity index (χ2v) is 6.11. The molecule has 1 aromatic rings. The van der Waals surface area contributed by atoms with E-state index < -0.39 is 0 Å². The van der Waals surface area contributed by atoms with Gasteiger partial charge in [0, 0.05) is 19.1 Å². The molecule has 4 nitrogen and oxygen atoms in total. The molecule has 1 aromatic carbocycles. The Morgan fingerprint density at radius 3 is 3.05 bits per heavy atom. The Hall–Kier alpha value is -1.55. The van der Waals surface area contributed by atoms with Crippen LogP contribution in [0.4, 0.5) is 0 Å². The summed E-state index contributed by atoms with van der Waals surface area (Å²) >= 11 is 0. The molecule has 1 fully saturated rings. The lowest BCUT2D eigenvalue weighted by atomic mass is 10.0. The van der Waals surface area contributed by atoms with Gasteiger partial charge in [0.25, 0.3) is 0 Å². The first-order valence-electron chi connectivity index (χ1n) is 8.32. The van der Waals surface area contributed by atoms with E-state index in [-0.39, 0.29) is 5.91 Å². The first-order chi connectivity index (χ1) is 10.7. The Morgan fingerprint density at radius 1 is 1.41 bits per heavy atom. The predicted octanol–water partition coefficient (Wildman–Crippen LogP) is 2.62. The second-order valence-electron chi connectivity index (χ2n) is 6.11. The van der Waals surface area contributed by atoms with Gasteiger partial charge in [-0.25, -0.2) is 0 Å². The molecule has 1 unspecified atom stereocenters. The van der Waals surface area contributed by atoms with Crippen LogP contribution in [-0.2, 0) is 11.2 Å². The van der Waals surface area contributed by atoms with Crippen molar-refractivity contribution in [2.75, 3.05) is 26.7 Å². The van der Waals surface area contributed by atoms with Gasteiger partial charge in [-0.15, -0.1) is 0 Å². The highest BCUT2D eigenvalue weighted by molar-refractivity contribution is 5.78. The minimum Gasteiger partial charge on any atom is -0.497 e. The van der Waals surface area contributed by atoms with Crippen molar-refractivity contribution in [1.82, 2.24) is 10.2 Å². The Balaban J connectivity index is 1.65. The van der Waals surface area contributed by atoms with Gasteiger partial charge in [0.1, 0.15) is 5.75 Å². The Bertz CT molecular complexity index is 476. The molecule has 2 rings (SSSR count). The number of nitrogens with zero attached hydrogens (tertiary/aromatic N) is 1. The molecular formula is C18H28N2O2. The fourth-order valence-corrected chi connectivity index (χ4v) is 3.03. The molecule has 1 atom stereocenters. The lowest BCUT2D eigenvalue weighted by molar-refractivity contribution is -0.120. The minimum absolute atomic E-state index is 0.0833. The van der Waals surface area contributed by atoms with Crippen LogP contribution < -0.4 is 10.1 Å². The van der Waals surface area contributed by atoms with Gasteiger partial charge in [0.15, 0.2) is 0 Å². The second kappa shape index (κ2) is 8.79. The van der Waals surface area contributed by atoms with Crippen molar-refractivity contribution in [2.24, 2.45) is 0 Å². The van der Waals surface area contributed by atoms with E-state index in [4.69, 9.17) is 4.74 Å². The SMILES string of the molecule is COc1cccc(CC(=O)NCCCN2CCCCC2C)c1. The maximum absolute atomic E-state index is 12.0. The Kier molecular flexibility index (Phi) is 6.72. The van der Waals surface area contributed by atoms with Crippen LogP contribution in [0.5, 0.6) is 5.75 Å². The number of methoxy groups -OCH3 is 1. The third kappa shape index (κ3) is 5.34. The first-order valence-corrected chi connectivity index (χ1v) is 8.32. The number of benzene rings is 1. The lowest BCUT2D eigenvalue weighted by Crippen LogP contribution is -2.39. The lowest BCUT2D eigenvalue weighted by Gasteiger charge is -2.33. The maximum atomic E-state index is 12.0. The molecule has 1 aliphatic heterocycles. The van der Waals surface area contributed by atoms with Gasteiger partial charge in [-0.05, 0) is 50.4 Å². The summed E-state index contributed by atoms with van der Waals surface area (Å²) in [5.74, 6) is 0.879. The molecule has 0 spiro atoms. The van der Waals surface area contributed by atoms with Crippen molar-refractivity contribution in [3.05, 3.63) is 29.8 Å². The van der Waals surface area contributed by atoms with E-state index in [0.717, 1.165) is 30.8 Å². The number of ether oxygens (including phenoxy) is 1. The van der Waals surface area contributed by atoms with E-state index in [2.05, 4.69) is 17.1 Å². The topological polar surface area (TPSA) is 41.6 Å². The zero-order valence-corrected chi connectivity index (χ0v) is 13.8. The molecule has 0 bridgehead atoms. The smallest absolute Gasteiger partial charge is 0.224 e. The monoisotopic (exact) mass is 304 g/mol. The zero-order valence-electron chi connectivity index (χ0n) is 13.8. The standard InChI is InChI=1S/C18H28N2O2/c1-15-7-3-4-11-20(15)12-6-10-19-18(21)14-16-8-5-9-17(13-16)22-2/h5,8-9,13,15H,3-4,6-7,10-12,14H2,1-2H3,(H,19,21). The number of carbonyl (C=O) groups is 1. The molecule has 1 heterocycles. The van der Waals surface area contributed by atoms with E-state index in [1.807, 2.05) is 24.3 Å². The van der Waals surface area contributed by atoms with Crippen molar-refractivity contribution in [3.8, 4) is 5.75 Å². The number of likely N-dealkylation sites (tertiary alicyclic amines) is 1. The average Bonchev–Trinajstić information content (AvgIpc) is 2.53. The number of rotatable bonds is 7. The molecule has 122 valence electrons. The molecule has 0 aliphatic carbocycles. The Morgan fingerprint density at radius 2 is 2.27 bits per heavy atom. The number of amides is 1. The first kappa shape index (κ1) is 16.8. The Labute approximate surface area is 133 Å². The summed E-state index contributed by atoms with van der Waals surface area (Å²) < 4.78 is 5.17. The van der Waals surface area contributed by atoms with E-state index in [0.29, 0.717) is 12.5 Å². The van der Waals surface area contributed by atoms with Crippen LogP contribution in [0.25, 0.3) is 0 Å². The van der Waals surface area contributed by atoms with Gasteiger partial charge in [-0.2, -0.15) is 0 Å². The molecule has 1 saturated heterocycles. The zero-order chi connectivity index (χ0) is 15.8. The molecule has 1 amide bonds. The summed E-state index contributed by atoms with van der Waals surface area (Å²) in [5.41, 5.74) is 0.988. The summed E-state index contributed by atoms with van der Waals surface area (Å²) in [6.07, 6.45) is 5.41. The van der Waals surface area contributed by atoms with Crippen LogP contribution in [0.2, 0.25) is 0 Å². The van der Waals surface area contributed by atoms with Crippen LogP contribution >= 0.6 is 0 Å². The summed E-state index contributed by atoms with van der Waals surface area (Å²) in [6.45, 7) is 5.35. The van der Waals surface area contributed by atoms with E-state index in [9.17, 15) is 4.79 Å². The number of hydrogen-bond acceptors (Lipinski definition) is 3. The van der Waals surface area contributed by atoms with Gasteiger partial charge in [-0.3, -0.25) is 4.79 Å². The molecule has 0 saturated carbocycles. The van der Waals surface area contributed by atoms with Gasteiger partial charge in [-0.1, -0.05) is 18.6 Å². The number of carbonyl (C=O) groups excluding carboxylic acids is 1. The number of piperidine rings is 1. The van der Waals surface area contributed by atoms with Gasteiger partial charge < -0.3 is 15.0 Å². The highest BCUT2D eigenvalue weighted by Gasteiger charge is 2.17. The van der Waals surface area contributed by atoms with Crippen molar-refractivity contribution in [2.45, 2.75) is 45.1 Å². The molecule has 4 heteroatoms. The molecule has 1 aliphatic rings. The summed E-state index contributed by atoms with van der Waals surface area (Å²) in [6, 6.07) is 8.37. The largest absolute Gasteiger partial charge is 0.497 e. The third-order valence-electron chi connectivity index (χ3n) is 4.38. The van der Waals surface area contributed by atoms with Crippen LogP contribution in [0.1, 0.15) is 38.2 Å². The van der Waals surface area contributed by atoms with Crippen LogP contribution in [0.3, 0.4) is 0 Å². The number of nitrogens with one attached hydrogen (secondary N) is 1. The summed E-state index contributed by atoms with van der Waals surface area (Å²) in [7, 11) is 1.64.